The van der Waals surface area contributed by atoms with Gasteiger partial charge in [0, 0.05) is 22.3 Å². The number of methoxy groups -OCH3 is 8. The zero-order valence-electron chi connectivity index (χ0n) is 34.8. The Kier molecular flexibility index (Phi) is 15.8. The highest BCUT2D eigenvalue weighted by Crippen LogP contribution is 2.30. The van der Waals surface area contributed by atoms with Gasteiger partial charge in [-0.25, -0.2) is 0 Å². The second kappa shape index (κ2) is 22.0. The molecule has 0 atom stereocenters. The molecule has 0 aliphatic rings. The molecule has 8 nitrogen and oxygen atoms in total. The van der Waals surface area contributed by atoms with Crippen molar-refractivity contribution < 1.29 is 37.9 Å². The average molecular weight is 797 g/mol. The van der Waals surface area contributed by atoms with Crippen molar-refractivity contribution in [3.8, 4) is 93.4 Å². The molecule has 0 bridgehead atoms. The molecule has 0 heterocycles. The Hall–Kier alpha value is -8.04. The van der Waals surface area contributed by atoms with Crippen LogP contribution < -0.4 is 37.9 Å². The van der Waals surface area contributed by atoms with Gasteiger partial charge >= 0.3 is 0 Å². The van der Waals surface area contributed by atoms with Crippen molar-refractivity contribution in [3.63, 3.8) is 0 Å². The number of ether oxygens (including phenoxy) is 8. The van der Waals surface area contributed by atoms with E-state index in [1.807, 2.05) is 121 Å². The highest BCUT2D eigenvalue weighted by atomic mass is 16.5. The molecule has 300 valence electrons. The smallest absolute Gasteiger partial charge is 0.138 e. The van der Waals surface area contributed by atoms with E-state index in [-0.39, 0.29) is 0 Å². The monoisotopic (exact) mass is 796 g/mol. The maximum absolute atomic E-state index is 5.39. The number of hydrogen-bond acceptors (Lipinski definition) is 8. The van der Waals surface area contributed by atoms with E-state index < -0.39 is 0 Å². The van der Waals surface area contributed by atoms with E-state index in [1.165, 1.54) is 0 Å². The predicted octanol–water partition coefficient (Wildman–Crippen LogP) is 9.04. The van der Waals surface area contributed by atoms with E-state index in [9.17, 15) is 0 Å². The van der Waals surface area contributed by atoms with Crippen molar-refractivity contribution in [2.75, 3.05) is 56.9 Å². The van der Waals surface area contributed by atoms with Crippen LogP contribution in [-0.2, 0) is 0 Å². The Morgan fingerprint density at radius 1 is 0.217 bits per heavy atom. The first-order valence-corrected chi connectivity index (χ1v) is 18.5. The Labute approximate surface area is 352 Å². The minimum Gasteiger partial charge on any atom is -0.495 e. The minimum absolute atomic E-state index is 0.676. The van der Waals surface area contributed by atoms with Gasteiger partial charge in [-0.1, -0.05) is 71.6 Å². The maximum atomic E-state index is 5.39. The van der Waals surface area contributed by atoms with Gasteiger partial charge in [-0.3, -0.25) is 0 Å². The molecule has 0 amide bonds. The first kappa shape index (κ1) is 43.1. The summed E-state index contributed by atoms with van der Waals surface area (Å²) in [5, 5.41) is 0. The normalized spacial score (nSPS) is 9.47. The van der Waals surface area contributed by atoms with Crippen molar-refractivity contribution in [1.82, 2.24) is 0 Å². The molecule has 6 aromatic rings. The summed E-state index contributed by atoms with van der Waals surface area (Å²) in [6.07, 6.45) is 0. The molecule has 6 rings (SSSR count). The second-order valence-corrected chi connectivity index (χ2v) is 12.3. The number of hydrogen-bond donors (Lipinski definition) is 0. The summed E-state index contributed by atoms with van der Waals surface area (Å²) in [6, 6.07) is 37.8. The van der Waals surface area contributed by atoms with Crippen molar-refractivity contribution in [2.24, 2.45) is 0 Å². The summed E-state index contributed by atoms with van der Waals surface area (Å²) in [5.41, 5.74) is 6.33. The summed E-state index contributed by atoms with van der Waals surface area (Å²) in [7, 11) is 12.9. The fourth-order valence-corrected chi connectivity index (χ4v) is 5.71. The van der Waals surface area contributed by atoms with Gasteiger partial charge in [0.05, 0.1) is 56.9 Å². The summed E-state index contributed by atoms with van der Waals surface area (Å²) < 4.78 is 43.1. The van der Waals surface area contributed by atoms with Gasteiger partial charge in [-0.05, 0) is 97.1 Å². The molecular weight excluding hydrogens is 753 g/mol. The van der Waals surface area contributed by atoms with Crippen LogP contribution in [-0.4, -0.2) is 56.9 Å². The molecule has 0 radical (unpaired) electrons. The molecule has 0 unspecified atom stereocenters. The van der Waals surface area contributed by atoms with E-state index in [4.69, 9.17) is 37.9 Å². The molecule has 8 heteroatoms. The third-order valence-electron chi connectivity index (χ3n) is 8.81. The van der Waals surface area contributed by atoms with Gasteiger partial charge in [0.15, 0.2) is 0 Å². The third kappa shape index (κ3) is 11.1. The second-order valence-electron chi connectivity index (χ2n) is 12.3. The lowest BCUT2D eigenvalue weighted by Crippen LogP contribution is -1.93. The molecule has 0 aliphatic carbocycles. The zero-order chi connectivity index (χ0) is 42.7. The van der Waals surface area contributed by atoms with Gasteiger partial charge in [0.25, 0.3) is 0 Å². The Morgan fingerprint density at radius 2 is 0.367 bits per heavy atom. The summed E-state index contributed by atoms with van der Waals surface area (Å²) in [5.74, 6) is 30.6. The van der Waals surface area contributed by atoms with Gasteiger partial charge in [0.2, 0.25) is 0 Å². The lowest BCUT2D eigenvalue weighted by atomic mass is 10.1. The van der Waals surface area contributed by atoms with Crippen molar-refractivity contribution >= 4 is 0 Å². The molecular formula is C52H44O8. The third-order valence-corrected chi connectivity index (χ3v) is 8.81. The van der Waals surface area contributed by atoms with Gasteiger partial charge in [0.1, 0.15) is 68.2 Å². The molecule has 60 heavy (non-hydrogen) atoms. The van der Waals surface area contributed by atoms with E-state index in [2.05, 4.69) is 47.4 Å². The topological polar surface area (TPSA) is 73.8 Å². The average Bonchev–Trinajstić information content (AvgIpc) is 3.31. The quantitative estimate of drug-likeness (QED) is 0.141. The molecule has 0 saturated heterocycles. The highest BCUT2D eigenvalue weighted by Gasteiger charge is 2.10. The van der Waals surface area contributed by atoms with Crippen LogP contribution >= 0.6 is 0 Å². The molecule has 0 aromatic heterocycles. The molecule has 0 N–H and O–H groups in total. The van der Waals surface area contributed by atoms with Crippen LogP contribution in [0.15, 0.2) is 121 Å². The summed E-state index contributed by atoms with van der Waals surface area (Å²) in [4.78, 5) is 0. The Bertz CT molecular complexity index is 2190. The first-order valence-electron chi connectivity index (χ1n) is 18.5. The van der Waals surface area contributed by atoms with Crippen molar-refractivity contribution in [1.29, 1.82) is 0 Å². The minimum atomic E-state index is 0.676. The van der Waals surface area contributed by atoms with Gasteiger partial charge < -0.3 is 37.9 Å². The SMILES string of the molecule is COc1cccc(OC)c1C#Cc1ccc(C#Cc2c(OC)cccc2OC)cc1.COc1cccc(OC)c1C#Cc1ccc(C#Cc2c(OC)cccc2OC)cc1. The van der Waals surface area contributed by atoms with E-state index >= 15 is 0 Å². The fraction of sp³-hybridized carbons (Fsp3) is 0.154. The first-order chi connectivity index (χ1) is 29.4. The molecule has 6 aromatic carbocycles. The lowest BCUT2D eigenvalue weighted by Gasteiger charge is -2.07. The van der Waals surface area contributed by atoms with Crippen LogP contribution in [0, 0.1) is 47.4 Å². The van der Waals surface area contributed by atoms with Crippen LogP contribution in [0.3, 0.4) is 0 Å². The van der Waals surface area contributed by atoms with Crippen LogP contribution in [0.4, 0.5) is 0 Å². The summed E-state index contributed by atoms with van der Waals surface area (Å²) >= 11 is 0. The lowest BCUT2D eigenvalue weighted by molar-refractivity contribution is 0.392. The van der Waals surface area contributed by atoms with Crippen LogP contribution in [0.1, 0.15) is 44.5 Å². The predicted molar refractivity (Wildman–Crippen MR) is 235 cm³/mol. The van der Waals surface area contributed by atoms with E-state index in [1.54, 1.807) is 56.9 Å². The van der Waals surface area contributed by atoms with Crippen LogP contribution in [0.5, 0.6) is 46.0 Å². The molecule has 0 saturated carbocycles. The fourth-order valence-electron chi connectivity index (χ4n) is 5.71. The highest BCUT2D eigenvalue weighted by molar-refractivity contribution is 5.61. The van der Waals surface area contributed by atoms with E-state index in [0.717, 1.165) is 44.5 Å². The summed E-state index contributed by atoms with van der Waals surface area (Å²) in [6.45, 7) is 0. The van der Waals surface area contributed by atoms with Crippen LogP contribution in [0.25, 0.3) is 0 Å². The molecule has 0 fully saturated rings. The van der Waals surface area contributed by atoms with Crippen molar-refractivity contribution in [2.45, 2.75) is 0 Å². The number of rotatable bonds is 8. The standard InChI is InChI=1S/2C26H22O4/c2*1-27-23-7-5-8-24(28-2)21(23)17-15-19-11-13-20(14-12-19)16-18-22-25(29-3)9-6-10-26(22)30-4/h2*5-14H,1-4H3. The maximum Gasteiger partial charge on any atom is 0.138 e. The largest absolute Gasteiger partial charge is 0.495 e. The number of benzene rings is 6. The van der Waals surface area contributed by atoms with Gasteiger partial charge in [-0.15, -0.1) is 0 Å². The van der Waals surface area contributed by atoms with E-state index in [0.29, 0.717) is 46.0 Å². The van der Waals surface area contributed by atoms with Gasteiger partial charge in [-0.2, -0.15) is 0 Å². The Morgan fingerprint density at radius 3 is 0.500 bits per heavy atom. The zero-order valence-corrected chi connectivity index (χ0v) is 34.8. The van der Waals surface area contributed by atoms with Crippen LogP contribution in [0.2, 0.25) is 0 Å². The molecule has 0 spiro atoms. The Balaban J connectivity index is 0.000000228. The van der Waals surface area contributed by atoms with Crippen molar-refractivity contribution in [3.05, 3.63) is 166 Å². The molecule has 0 aliphatic heterocycles.